The number of benzene rings is 2. The lowest BCUT2D eigenvalue weighted by atomic mass is 10.1. The van der Waals surface area contributed by atoms with Gasteiger partial charge in [-0.25, -0.2) is 0 Å². The minimum atomic E-state index is -0.0588. The second kappa shape index (κ2) is 8.29. The fraction of sp³-hybridized carbons (Fsp3) is 0.250. The maximum absolute atomic E-state index is 12.0. The third kappa shape index (κ3) is 4.69. The monoisotopic (exact) mass is 351 g/mol. The summed E-state index contributed by atoms with van der Waals surface area (Å²) in [5.74, 6) is 1.75. The maximum Gasteiger partial charge on any atom is 0.226 e. The van der Waals surface area contributed by atoms with Crippen molar-refractivity contribution in [3.8, 4) is 17.1 Å². The van der Waals surface area contributed by atoms with Gasteiger partial charge in [-0.05, 0) is 25.5 Å². The van der Waals surface area contributed by atoms with Crippen LogP contribution >= 0.6 is 0 Å². The molecule has 1 aromatic heterocycles. The van der Waals surface area contributed by atoms with E-state index in [0.717, 1.165) is 5.56 Å². The summed E-state index contributed by atoms with van der Waals surface area (Å²) in [6, 6.07) is 15.2. The van der Waals surface area contributed by atoms with Gasteiger partial charge in [-0.1, -0.05) is 41.1 Å². The highest BCUT2D eigenvalue weighted by atomic mass is 16.5. The van der Waals surface area contributed by atoms with Crippen LogP contribution in [0.1, 0.15) is 24.3 Å². The molecular weight excluding hydrogens is 330 g/mol. The molecule has 3 rings (SSSR count). The van der Waals surface area contributed by atoms with Gasteiger partial charge in [0.2, 0.25) is 17.6 Å². The van der Waals surface area contributed by atoms with E-state index in [1.54, 1.807) is 13.2 Å². The number of carbonyl (C=O) groups is 1. The zero-order valence-corrected chi connectivity index (χ0v) is 14.9. The minimum absolute atomic E-state index is 0.0588. The number of methoxy groups -OCH3 is 1. The van der Waals surface area contributed by atoms with Crippen molar-refractivity contribution in [3.63, 3.8) is 0 Å². The first kappa shape index (κ1) is 17.7. The molecule has 0 aliphatic carbocycles. The van der Waals surface area contributed by atoms with E-state index in [9.17, 15) is 4.79 Å². The highest BCUT2D eigenvalue weighted by Crippen LogP contribution is 2.18. The zero-order chi connectivity index (χ0) is 18.4. The number of nitrogens with one attached hydrogen (secondary N) is 1. The highest BCUT2D eigenvalue weighted by molar-refractivity contribution is 5.90. The van der Waals surface area contributed by atoms with Gasteiger partial charge in [-0.2, -0.15) is 4.98 Å². The molecule has 0 saturated heterocycles. The number of aromatic nitrogens is 2. The predicted octanol–water partition coefficient (Wildman–Crippen LogP) is 4.02. The maximum atomic E-state index is 12.0. The molecule has 0 bridgehead atoms. The van der Waals surface area contributed by atoms with Crippen LogP contribution in [0.2, 0.25) is 0 Å². The Morgan fingerprint density at radius 1 is 1.19 bits per heavy atom. The third-order valence-electron chi connectivity index (χ3n) is 3.93. The molecule has 2 aromatic carbocycles. The van der Waals surface area contributed by atoms with Crippen molar-refractivity contribution >= 4 is 11.6 Å². The molecule has 1 heterocycles. The van der Waals surface area contributed by atoms with Crippen molar-refractivity contribution in [3.05, 3.63) is 60.0 Å². The average Bonchev–Trinajstić information content (AvgIpc) is 3.11. The number of amides is 1. The van der Waals surface area contributed by atoms with E-state index in [2.05, 4.69) is 15.5 Å². The molecule has 134 valence electrons. The molecule has 26 heavy (non-hydrogen) atoms. The van der Waals surface area contributed by atoms with Crippen LogP contribution in [0.15, 0.2) is 53.1 Å². The Labute approximate surface area is 152 Å². The van der Waals surface area contributed by atoms with Crippen LogP contribution < -0.4 is 10.1 Å². The van der Waals surface area contributed by atoms with Gasteiger partial charge in [0, 0.05) is 30.2 Å². The third-order valence-corrected chi connectivity index (χ3v) is 3.93. The smallest absolute Gasteiger partial charge is 0.226 e. The molecule has 0 saturated carbocycles. The summed E-state index contributed by atoms with van der Waals surface area (Å²) in [7, 11) is 1.59. The molecule has 6 nitrogen and oxygen atoms in total. The molecule has 1 amide bonds. The average molecular weight is 351 g/mol. The van der Waals surface area contributed by atoms with E-state index in [1.807, 2.05) is 49.4 Å². The largest absolute Gasteiger partial charge is 0.497 e. The Balaban J connectivity index is 1.48. The summed E-state index contributed by atoms with van der Waals surface area (Å²) in [4.78, 5) is 16.4. The number of carbonyl (C=O) groups excluding carboxylic acids is 1. The highest BCUT2D eigenvalue weighted by Gasteiger charge is 2.10. The lowest BCUT2D eigenvalue weighted by molar-refractivity contribution is -0.116. The molecule has 0 aliphatic rings. The van der Waals surface area contributed by atoms with Crippen LogP contribution in [0.3, 0.4) is 0 Å². The summed E-state index contributed by atoms with van der Waals surface area (Å²) in [6.07, 6.45) is 1.56. The number of anilines is 1. The van der Waals surface area contributed by atoms with E-state index >= 15 is 0 Å². The number of hydrogen-bond donors (Lipinski definition) is 1. The Morgan fingerprint density at radius 3 is 2.77 bits per heavy atom. The molecule has 3 aromatic rings. The Kier molecular flexibility index (Phi) is 5.63. The van der Waals surface area contributed by atoms with Gasteiger partial charge in [0.1, 0.15) is 5.75 Å². The SMILES string of the molecule is COc1cccc(NC(=O)CCCc2nc(-c3ccc(C)cc3)no2)c1. The predicted molar refractivity (Wildman–Crippen MR) is 99.0 cm³/mol. The van der Waals surface area contributed by atoms with Crippen LogP contribution in [0, 0.1) is 6.92 Å². The van der Waals surface area contributed by atoms with Crippen LogP contribution in [0.5, 0.6) is 5.75 Å². The summed E-state index contributed by atoms with van der Waals surface area (Å²) in [5, 5.41) is 6.85. The van der Waals surface area contributed by atoms with Crippen LogP contribution in [-0.2, 0) is 11.2 Å². The van der Waals surface area contributed by atoms with Crippen LogP contribution in [0.25, 0.3) is 11.4 Å². The van der Waals surface area contributed by atoms with E-state index in [-0.39, 0.29) is 5.91 Å². The van der Waals surface area contributed by atoms with Crippen LogP contribution in [0.4, 0.5) is 5.69 Å². The van der Waals surface area contributed by atoms with Crippen LogP contribution in [-0.4, -0.2) is 23.2 Å². The van der Waals surface area contributed by atoms with Crippen molar-refractivity contribution in [1.29, 1.82) is 0 Å². The molecule has 0 unspecified atom stereocenters. The summed E-state index contributed by atoms with van der Waals surface area (Å²) in [6.45, 7) is 2.03. The normalized spacial score (nSPS) is 10.5. The van der Waals surface area contributed by atoms with Gasteiger partial charge in [0.05, 0.1) is 7.11 Å². The van der Waals surface area contributed by atoms with E-state index in [4.69, 9.17) is 9.26 Å². The van der Waals surface area contributed by atoms with Gasteiger partial charge in [0.25, 0.3) is 0 Å². The van der Waals surface area contributed by atoms with Gasteiger partial charge in [0.15, 0.2) is 0 Å². The molecule has 0 atom stereocenters. The van der Waals surface area contributed by atoms with E-state index in [1.165, 1.54) is 5.56 Å². The van der Waals surface area contributed by atoms with E-state index in [0.29, 0.717) is 42.4 Å². The fourth-order valence-corrected chi connectivity index (χ4v) is 2.50. The standard InChI is InChI=1S/C20H21N3O3/c1-14-9-11-15(12-10-14)20-22-19(26-23-20)8-4-7-18(24)21-16-5-3-6-17(13-16)25-2/h3,5-6,9-13H,4,7-8H2,1-2H3,(H,21,24). The summed E-state index contributed by atoms with van der Waals surface area (Å²) < 4.78 is 10.4. The van der Waals surface area contributed by atoms with Crippen molar-refractivity contribution in [1.82, 2.24) is 10.1 Å². The van der Waals surface area contributed by atoms with Gasteiger partial charge in [-0.3, -0.25) is 4.79 Å². The lowest BCUT2D eigenvalue weighted by Gasteiger charge is -2.06. The lowest BCUT2D eigenvalue weighted by Crippen LogP contribution is -2.11. The van der Waals surface area contributed by atoms with Gasteiger partial charge < -0.3 is 14.6 Å². The number of nitrogens with zero attached hydrogens (tertiary/aromatic N) is 2. The second-order valence-corrected chi connectivity index (χ2v) is 6.01. The fourth-order valence-electron chi connectivity index (χ4n) is 2.50. The van der Waals surface area contributed by atoms with Gasteiger partial charge >= 0.3 is 0 Å². The molecule has 1 N–H and O–H groups in total. The Bertz CT molecular complexity index is 872. The van der Waals surface area contributed by atoms with Crippen molar-refractivity contribution < 1.29 is 14.1 Å². The minimum Gasteiger partial charge on any atom is -0.497 e. The summed E-state index contributed by atoms with van der Waals surface area (Å²) in [5.41, 5.74) is 2.81. The first-order valence-electron chi connectivity index (χ1n) is 8.47. The second-order valence-electron chi connectivity index (χ2n) is 6.01. The molecular formula is C20H21N3O3. The molecule has 6 heteroatoms. The number of rotatable bonds is 7. The molecule has 0 spiro atoms. The Morgan fingerprint density at radius 2 is 2.00 bits per heavy atom. The first-order valence-corrected chi connectivity index (χ1v) is 8.47. The van der Waals surface area contributed by atoms with Crippen molar-refractivity contribution in [2.24, 2.45) is 0 Å². The Hall–Kier alpha value is -3.15. The molecule has 0 fully saturated rings. The summed E-state index contributed by atoms with van der Waals surface area (Å²) >= 11 is 0. The van der Waals surface area contributed by atoms with Gasteiger partial charge in [-0.15, -0.1) is 0 Å². The van der Waals surface area contributed by atoms with E-state index < -0.39 is 0 Å². The molecule has 0 radical (unpaired) electrons. The molecule has 0 aliphatic heterocycles. The van der Waals surface area contributed by atoms with Crippen molar-refractivity contribution in [2.75, 3.05) is 12.4 Å². The number of aryl methyl sites for hydroxylation is 2. The number of ether oxygens (including phenoxy) is 1. The number of hydrogen-bond acceptors (Lipinski definition) is 5. The first-order chi connectivity index (χ1) is 12.6. The topological polar surface area (TPSA) is 77.2 Å². The zero-order valence-electron chi connectivity index (χ0n) is 14.9. The van der Waals surface area contributed by atoms with Crippen molar-refractivity contribution in [2.45, 2.75) is 26.2 Å². The quantitative estimate of drug-likeness (QED) is 0.696.